The van der Waals surface area contributed by atoms with Gasteiger partial charge >= 0.3 is 0 Å². The van der Waals surface area contributed by atoms with E-state index in [1.54, 1.807) is 6.07 Å². The van der Waals surface area contributed by atoms with Crippen LogP contribution in [0.3, 0.4) is 0 Å². The molecule has 1 aromatic heterocycles. The van der Waals surface area contributed by atoms with Crippen molar-refractivity contribution in [3.63, 3.8) is 0 Å². The fourth-order valence-electron chi connectivity index (χ4n) is 1.54. The molecule has 0 saturated heterocycles. The van der Waals surface area contributed by atoms with Crippen LogP contribution in [0.4, 0.5) is 15.2 Å². The van der Waals surface area contributed by atoms with Crippen molar-refractivity contribution in [3.8, 4) is 0 Å². The van der Waals surface area contributed by atoms with E-state index in [1.165, 1.54) is 23.5 Å². The number of benzene rings is 1. The minimum Gasteiger partial charge on any atom is -0.326 e. The summed E-state index contributed by atoms with van der Waals surface area (Å²) in [6.07, 6.45) is 0. The van der Waals surface area contributed by atoms with Gasteiger partial charge in [-0.15, -0.1) is 0 Å². The Bertz CT molecular complexity index is 524. The Morgan fingerprint density at radius 2 is 2.24 bits per heavy atom. The van der Waals surface area contributed by atoms with E-state index in [9.17, 15) is 4.39 Å². The molecule has 2 rings (SSSR count). The summed E-state index contributed by atoms with van der Waals surface area (Å²) in [5.41, 5.74) is 7.34. The molecule has 3 nitrogen and oxygen atoms in total. The van der Waals surface area contributed by atoms with Gasteiger partial charge in [0.1, 0.15) is 5.82 Å². The number of hydrogen-bond donors (Lipinski definition) is 1. The van der Waals surface area contributed by atoms with E-state index in [2.05, 4.69) is 4.98 Å². The van der Waals surface area contributed by atoms with E-state index in [4.69, 9.17) is 5.73 Å². The van der Waals surface area contributed by atoms with E-state index in [0.29, 0.717) is 6.54 Å². The smallest absolute Gasteiger partial charge is 0.190 e. The standard InChI is InChI=1S/C12H14FN3S/c1-8-11(7-14)17-12(15-8)16(2)10-5-3-4-9(13)6-10/h3-6H,7,14H2,1-2H3. The second kappa shape index (κ2) is 4.81. The Morgan fingerprint density at radius 3 is 2.82 bits per heavy atom. The lowest BCUT2D eigenvalue weighted by Crippen LogP contribution is -2.09. The number of thiazole rings is 1. The van der Waals surface area contributed by atoms with Gasteiger partial charge < -0.3 is 10.6 Å². The molecule has 0 atom stereocenters. The van der Waals surface area contributed by atoms with Gasteiger partial charge in [0.15, 0.2) is 5.13 Å². The molecule has 90 valence electrons. The van der Waals surface area contributed by atoms with Crippen LogP contribution in [0.2, 0.25) is 0 Å². The zero-order valence-electron chi connectivity index (χ0n) is 9.77. The zero-order valence-corrected chi connectivity index (χ0v) is 10.6. The molecule has 2 N–H and O–H groups in total. The molecule has 0 fully saturated rings. The topological polar surface area (TPSA) is 42.2 Å². The minimum atomic E-state index is -0.248. The molecular formula is C12H14FN3S. The zero-order chi connectivity index (χ0) is 12.4. The largest absolute Gasteiger partial charge is 0.326 e. The molecule has 0 radical (unpaired) electrons. The molecule has 0 aliphatic rings. The fourth-order valence-corrected chi connectivity index (χ4v) is 2.46. The highest BCUT2D eigenvalue weighted by molar-refractivity contribution is 7.15. The maximum Gasteiger partial charge on any atom is 0.190 e. The second-order valence-electron chi connectivity index (χ2n) is 3.75. The van der Waals surface area contributed by atoms with Gasteiger partial charge in [0.2, 0.25) is 0 Å². The minimum absolute atomic E-state index is 0.248. The molecule has 0 aliphatic heterocycles. The third kappa shape index (κ3) is 2.45. The Kier molecular flexibility index (Phi) is 3.40. The van der Waals surface area contributed by atoms with Crippen molar-refractivity contribution in [1.29, 1.82) is 0 Å². The molecule has 0 bridgehead atoms. The average molecular weight is 251 g/mol. The van der Waals surface area contributed by atoms with E-state index in [-0.39, 0.29) is 5.82 Å². The maximum atomic E-state index is 13.1. The van der Waals surface area contributed by atoms with Crippen LogP contribution in [0.5, 0.6) is 0 Å². The lowest BCUT2D eigenvalue weighted by Gasteiger charge is -2.15. The van der Waals surface area contributed by atoms with E-state index < -0.39 is 0 Å². The number of nitrogens with two attached hydrogens (primary N) is 1. The molecular weight excluding hydrogens is 237 g/mol. The molecule has 5 heteroatoms. The van der Waals surface area contributed by atoms with Gasteiger partial charge in [-0.05, 0) is 25.1 Å². The highest BCUT2D eigenvalue weighted by Gasteiger charge is 2.11. The monoisotopic (exact) mass is 251 g/mol. The van der Waals surface area contributed by atoms with Gasteiger partial charge in [0.25, 0.3) is 0 Å². The summed E-state index contributed by atoms with van der Waals surface area (Å²) in [6.45, 7) is 2.42. The summed E-state index contributed by atoms with van der Waals surface area (Å²) in [6, 6.07) is 6.45. The van der Waals surface area contributed by atoms with Crippen LogP contribution in [0.25, 0.3) is 0 Å². The molecule has 2 aromatic rings. The van der Waals surface area contributed by atoms with Crippen LogP contribution in [-0.2, 0) is 6.54 Å². The van der Waals surface area contributed by atoms with Crippen LogP contribution >= 0.6 is 11.3 Å². The first-order chi connectivity index (χ1) is 8.11. The summed E-state index contributed by atoms with van der Waals surface area (Å²) < 4.78 is 13.1. The van der Waals surface area contributed by atoms with E-state index in [1.807, 2.05) is 24.9 Å². The Labute approximate surface area is 104 Å². The van der Waals surface area contributed by atoms with Gasteiger partial charge in [0.05, 0.1) is 5.69 Å². The Hall–Kier alpha value is -1.46. The van der Waals surface area contributed by atoms with Gasteiger partial charge in [-0.25, -0.2) is 9.37 Å². The number of rotatable bonds is 3. The molecule has 17 heavy (non-hydrogen) atoms. The number of aromatic nitrogens is 1. The lowest BCUT2D eigenvalue weighted by atomic mass is 10.3. The van der Waals surface area contributed by atoms with Crippen LogP contribution in [0, 0.1) is 12.7 Å². The van der Waals surface area contributed by atoms with Crippen molar-refractivity contribution in [2.75, 3.05) is 11.9 Å². The van der Waals surface area contributed by atoms with Crippen molar-refractivity contribution in [3.05, 3.63) is 40.7 Å². The summed E-state index contributed by atoms with van der Waals surface area (Å²) in [7, 11) is 1.87. The summed E-state index contributed by atoms with van der Waals surface area (Å²) in [4.78, 5) is 7.35. The number of halogens is 1. The van der Waals surface area contributed by atoms with Crippen molar-refractivity contribution in [1.82, 2.24) is 4.98 Å². The number of nitrogens with zero attached hydrogens (tertiary/aromatic N) is 2. The first-order valence-corrected chi connectivity index (χ1v) is 6.09. The van der Waals surface area contributed by atoms with Crippen LogP contribution in [0.1, 0.15) is 10.6 Å². The van der Waals surface area contributed by atoms with Crippen molar-refractivity contribution >= 4 is 22.2 Å². The SMILES string of the molecule is Cc1nc(N(C)c2cccc(F)c2)sc1CN. The Morgan fingerprint density at radius 1 is 1.47 bits per heavy atom. The maximum absolute atomic E-state index is 13.1. The molecule has 0 unspecified atom stereocenters. The molecule has 0 saturated carbocycles. The van der Waals surface area contributed by atoms with Gasteiger partial charge in [-0.1, -0.05) is 17.4 Å². The first-order valence-electron chi connectivity index (χ1n) is 5.27. The molecule has 1 heterocycles. The first kappa shape index (κ1) is 12.0. The lowest BCUT2D eigenvalue weighted by molar-refractivity contribution is 0.628. The highest BCUT2D eigenvalue weighted by atomic mass is 32.1. The summed E-state index contributed by atoms with van der Waals surface area (Å²) >= 11 is 1.54. The normalized spacial score (nSPS) is 10.6. The van der Waals surface area contributed by atoms with E-state index in [0.717, 1.165) is 21.4 Å². The predicted octanol–water partition coefficient (Wildman–Crippen LogP) is 2.82. The van der Waals surface area contributed by atoms with Gasteiger partial charge in [-0.2, -0.15) is 0 Å². The number of anilines is 2. The number of hydrogen-bond acceptors (Lipinski definition) is 4. The number of aryl methyl sites for hydroxylation is 1. The molecule has 0 amide bonds. The van der Waals surface area contributed by atoms with Gasteiger partial charge in [0, 0.05) is 24.2 Å². The Balaban J connectivity index is 2.33. The fraction of sp³-hybridized carbons (Fsp3) is 0.250. The van der Waals surface area contributed by atoms with Gasteiger partial charge in [-0.3, -0.25) is 0 Å². The molecule has 0 aliphatic carbocycles. The van der Waals surface area contributed by atoms with Crippen molar-refractivity contribution in [2.24, 2.45) is 5.73 Å². The summed E-state index contributed by atoms with van der Waals surface area (Å²) in [5, 5.41) is 0.827. The van der Waals surface area contributed by atoms with Crippen molar-refractivity contribution < 1.29 is 4.39 Å². The van der Waals surface area contributed by atoms with Crippen LogP contribution in [-0.4, -0.2) is 12.0 Å². The van der Waals surface area contributed by atoms with Crippen LogP contribution in [0.15, 0.2) is 24.3 Å². The average Bonchev–Trinajstić information content (AvgIpc) is 2.69. The third-order valence-electron chi connectivity index (χ3n) is 2.55. The van der Waals surface area contributed by atoms with E-state index >= 15 is 0 Å². The van der Waals surface area contributed by atoms with Crippen LogP contribution < -0.4 is 10.6 Å². The highest BCUT2D eigenvalue weighted by Crippen LogP contribution is 2.30. The van der Waals surface area contributed by atoms with Crippen molar-refractivity contribution in [2.45, 2.75) is 13.5 Å². The molecule has 1 aromatic carbocycles. The second-order valence-corrected chi connectivity index (χ2v) is 4.81. The molecule has 0 spiro atoms. The quantitative estimate of drug-likeness (QED) is 0.912. The summed E-state index contributed by atoms with van der Waals surface area (Å²) in [5.74, 6) is -0.248. The predicted molar refractivity (Wildman–Crippen MR) is 69.2 cm³/mol. The third-order valence-corrected chi connectivity index (χ3v) is 3.81.